The van der Waals surface area contributed by atoms with Crippen molar-refractivity contribution in [3.8, 4) is 0 Å². The average molecular weight is 548 g/mol. The van der Waals surface area contributed by atoms with Crippen LogP contribution in [0.5, 0.6) is 0 Å². The molecule has 1 N–H and O–H groups in total. The van der Waals surface area contributed by atoms with Crippen LogP contribution < -0.4 is 0 Å². The molecule has 6 bridgehead atoms. The molecule has 7 aliphatic rings. The SMILES string of the molecule is CC(C)N1C(=O)C2C3OC(C(OC(=O)C45CC6CC(CC(C6)C4)C5)C31)C2C(=O)OCC(F)(F)S(=O)(=O)O. The van der Waals surface area contributed by atoms with Crippen LogP contribution in [-0.2, 0) is 38.7 Å². The number of hydrogen-bond donors (Lipinski definition) is 1. The third-order valence-electron chi connectivity index (χ3n) is 9.57. The zero-order valence-electron chi connectivity index (χ0n) is 20.5. The normalized spacial score (nSPS) is 43.7. The Balaban J connectivity index is 1.25. The fourth-order valence-corrected chi connectivity index (χ4v) is 8.80. The summed E-state index contributed by atoms with van der Waals surface area (Å²) in [5.74, 6) is -2.91. The molecule has 4 saturated carbocycles. The van der Waals surface area contributed by atoms with Crippen LogP contribution in [0.15, 0.2) is 0 Å². The minimum atomic E-state index is -5.81. The largest absolute Gasteiger partial charge is 0.458 e. The second-order valence-corrected chi connectivity index (χ2v) is 13.8. The molecule has 6 atom stereocenters. The summed E-state index contributed by atoms with van der Waals surface area (Å²) in [4.78, 5) is 41.5. The van der Waals surface area contributed by atoms with Crippen molar-refractivity contribution < 1.29 is 50.3 Å². The lowest BCUT2D eigenvalue weighted by Crippen LogP contribution is -2.55. The second kappa shape index (κ2) is 8.08. The summed E-state index contributed by atoms with van der Waals surface area (Å²) in [6.07, 6.45) is 2.83. The number of likely N-dealkylation sites (tertiary alicyclic amines) is 1. The van der Waals surface area contributed by atoms with Crippen molar-refractivity contribution in [1.29, 1.82) is 0 Å². The third kappa shape index (κ3) is 3.66. The van der Waals surface area contributed by atoms with Gasteiger partial charge in [0, 0.05) is 6.04 Å². The van der Waals surface area contributed by atoms with Crippen LogP contribution >= 0.6 is 0 Å². The molecular weight excluding hydrogens is 516 g/mol. The van der Waals surface area contributed by atoms with E-state index in [2.05, 4.69) is 4.74 Å². The molecule has 7 rings (SSSR count). The van der Waals surface area contributed by atoms with Gasteiger partial charge in [-0.1, -0.05) is 0 Å². The smallest absolute Gasteiger partial charge is 0.402 e. The van der Waals surface area contributed by atoms with Crippen molar-refractivity contribution >= 4 is 28.0 Å². The van der Waals surface area contributed by atoms with Crippen LogP contribution in [0.4, 0.5) is 8.78 Å². The zero-order chi connectivity index (χ0) is 26.7. The number of rotatable bonds is 7. The first kappa shape index (κ1) is 25.4. The van der Waals surface area contributed by atoms with Crippen LogP contribution in [0, 0.1) is 35.0 Å². The van der Waals surface area contributed by atoms with E-state index in [1.807, 2.05) is 0 Å². The molecule has 37 heavy (non-hydrogen) atoms. The Bertz CT molecular complexity index is 1110. The summed E-state index contributed by atoms with van der Waals surface area (Å²) in [5.41, 5.74) is -0.588. The van der Waals surface area contributed by atoms with Crippen molar-refractivity contribution in [1.82, 2.24) is 4.90 Å². The highest BCUT2D eigenvalue weighted by molar-refractivity contribution is 7.86. The molecule has 13 heteroatoms. The first-order valence-corrected chi connectivity index (χ1v) is 14.4. The zero-order valence-corrected chi connectivity index (χ0v) is 21.4. The highest BCUT2D eigenvalue weighted by Gasteiger charge is 2.73. The molecule has 3 saturated heterocycles. The van der Waals surface area contributed by atoms with E-state index >= 15 is 0 Å². The molecule has 7 fully saturated rings. The molecule has 3 aliphatic heterocycles. The lowest BCUT2D eigenvalue weighted by molar-refractivity contribution is -0.184. The van der Waals surface area contributed by atoms with Gasteiger partial charge in [0.25, 0.3) is 0 Å². The van der Waals surface area contributed by atoms with Crippen LogP contribution in [0.25, 0.3) is 0 Å². The molecule has 10 nitrogen and oxygen atoms in total. The fourth-order valence-electron chi connectivity index (χ4n) is 8.60. The number of carbonyl (C=O) groups is 3. The highest BCUT2D eigenvalue weighted by Crippen LogP contribution is 2.61. The van der Waals surface area contributed by atoms with Gasteiger partial charge in [-0.05, 0) is 70.1 Å². The quantitative estimate of drug-likeness (QED) is 0.374. The Morgan fingerprint density at radius 1 is 1.14 bits per heavy atom. The van der Waals surface area contributed by atoms with Gasteiger partial charge in [-0.15, -0.1) is 0 Å². The van der Waals surface area contributed by atoms with E-state index in [9.17, 15) is 31.6 Å². The third-order valence-corrected chi connectivity index (χ3v) is 10.4. The molecule has 206 valence electrons. The molecule has 6 unspecified atom stereocenters. The van der Waals surface area contributed by atoms with Crippen LogP contribution in [0.3, 0.4) is 0 Å². The van der Waals surface area contributed by atoms with Gasteiger partial charge in [0.2, 0.25) is 5.91 Å². The van der Waals surface area contributed by atoms with Gasteiger partial charge in [-0.2, -0.15) is 17.2 Å². The summed E-state index contributed by atoms with van der Waals surface area (Å²) in [5, 5.41) is -4.71. The van der Waals surface area contributed by atoms with Crippen LogP contribution in [0.1, 0.15) is 52.4 Å². The Morgan fingerprint density at radius 3 is 2.22 bits per heavy atom. The van der Waals surface area contributed by atoms with Gasteiger partial charge >= 0.3 is 27.3 Å². The summed E-state index contributed by atoms with van der Waals surface area (Å²) < 4.78 is 74.7. The van der Waals surface area contributed by atoms with E-state index in [0.29, 0.717) is 17.8 Å². The minimum Gasteiger partial charge on any atom is -0.458 e. The number of carbonyl (C=O) groups excluding carboxylic acids is 3. The standard InChI is InChI=1S/C24H31F2NO9S/c1-10(2)27-16-17-14(20(27)28)15(21(29)34-9-24(25,26)37(31,32)33)18(35-17)19(16)36-22(30)23-6-11-3-12(7-23)5-13(4-11)8-23/h10-19H,3-9H2,1-2H3,(H,31,32,33). The number of halogens is 2. The molecule has 4 aliphatic carbocycles. The highest BCUT2D eigenvalue weighted by atomic mass is 32.2. The maximum atomic E-state index is 13.7. The Kier molecular flexibility index (Phi) is 5.55. The summed E-state index contributed by atoms with van der Waals surface area (Å²) in [6, 6.07) is -0.907. The Labute approximate surface area is 213 Å². The minimum absolute atomic E-state index is 0.299. The van der Waals surface area contributed by atoms with Gasteiger partial charge in [-0.25, -0.2) is 0 Å². The average Bonchev–Trinajstić information content (AvgIpc) is 3.38. The van der Waals surface area contributed by atoms with E-state index in [-0.39, 0.29) is 12.0 Å². The van der Waals surface area contributed by atoms with E-state index in [4.69, 9.17) is 14.0 Å². The molecule has 0 radical (unpaired) electrons. The van der Waals surface area contributed by atoms with E-state index in [1.165, 1.54) is 4.90 Å². The molecule has 1 amide bonds. The van der Waals surface area contributed by atoms with Crippen molar-refractivity contribution in [3.05, 3.63) is 0 Å². The van der Waals surface area contributed by atoms with Crippen molar-refractivity contribution in [2.45, 2.75) is 88.0 Å². The molecule has 0 aromatic heterocycles. The fraction of sp³-hybridized carbons (Fsp3) is 0.875. The molecule has 0 aromatic rings. The summed E-state index contributed by atoms with van der Waals surface area (Å²) in [6.45, 7) is 1.66. The van der Waals surface area contributed by atoms with E-state index in [0.717, 1.165) is 38.5 Å². The van der Waals surface area contributed by atoms with Gasteiger partial charge in [0.05, 0.1) is 23.5 Å². The van der Waals surface area contributed by atoms with Gasteiger partial charge in [0.1, 0.15) is 12.0 Å². The molecule has 3 heterocycles. The van der Waals surface area contributed by atoms with Gasteiger partial charge in [0.15, 0.2) is 12.7 Å². The molecule has 0 spiro atoms. The maximum Gasteiger partial charge on any atom is 0.402 e. The van der Waals surface area contributed by atoms with Gasteiger partial charge < -0.3 is 19.1 Å². The predicted molar refractivity (Wildman–Crippen MR) is 119 cm³/mol. The van der Waals surface area contributed by atoms with Crippen molar-refractivity contribution in [2.24, 2.45) is 35.0 Å². The lowest BCUT2D eigenvalue weighted by Gasteiger charge is -2.55. The topological polar surface area (TPSA) is 137 Å². The van der Waals surface area contributed by atoms with Crippen molar-refractivity contribution in [3.63, 3.8) is 0 Å². The monoisotopic (exact) mass is 547 g/mol. The van der Waals surface area contributed by atoms with Crippen LogP contribution in [0.2, 0.25) is 0 Å². The number of ether oxygens (including phenoxy) is 3. The Hall–Kier alpha value is -1.86. The molecule has 0 aromatic carbocycles. The number of nitrogens with zero attached hydrogens (tertiary/aromatic N) is 1. The lowest BCUT2D eigenvalue weighted by atomic mass is 9.49. The predicted octanol–water partition coefficient (Wildman–Crippen LogP) is 1.77. The number of alkyl halides is 2. The summed E-state index contributed by atoms with van der Waals surface area (Å²) in [7, 11) is -5.81. The van der Waals surface area contributed by atoms with E-state index < -0.39 is 75.5 Å². The first-order chi connectivity index (χ1) is 17.2. The van der Waals surface area contributed by atoms with Gasteiger partial charge in [-0.3, -0.25) is 18.9 Å². The summed E-state index contributed by atoms with van der Waals surface area (Å²) >= 11 is 0. The Morgan fingerprint density at radius 2 is 1.70 bits per heavy atom. The number of fused-ring (bicyclic) bond motifs is 1. The van der Waals surface area contributed by atoms with Crippen LogP contribution in [-0.4, -0.2) is 78.0 Å². The first-order valence-electron chi connectivity index (χ1n) is 12.9. The number of amides is 1. The molecular formula is C24H31F2NO9S. The maximum absolute atomic E-state index is 13.7. The van der Waals surface area contributed by atoms with E-state index in [1.54, 1.807) is 13.8 Å². The second-order valence-electron chi connectivity index (χ2n) is 12.2. The number of hydrogen-bond acceptors (Lipinski definition) is 8. The number of esters is 2. The van der Waals surface area contributed by atoms with Crippen molar-refractivity contribution in [2.75, 3.05) is 6.61 Å².